The van der Waals surface area contributed by atoms with E-state index < -0.39 is 29.1 Å². The van der Waals surface area contributed by atoms with Gasteiger partial charge in [-0.15, -0.1) is 0 Å². The molecule has 0 bridgehead atoms. The number of alkyl halides is 4. The Morgan fingerprint density at radius 3 is 2.38 bits per heavy atom. The number of rotatable bonds is 7. The van der Waals surface area contributed by atoms with Crippen LogP contribution in [0.2, 0.25) is 0 Å². The van der Waals surface area contributed by atoms with Gasteiger partial charge in [-0.25, -0.2) is 9.18 Å². The number of pyridine rings is 1. The molecule has 0 saturated heterocycles. The van der Waals surface area contributed by atoms with Gasteiger partial charge in [0.15, 0.2) is 0 Å². The van der Waals surface area contributed by atoms with Crippen molar-refractivity contribution in [2.75, 3.05) is 0 Å². The highest BCUT2D eigenvalue weighted by atomic mass is 127. The van der Waals surface area contributed by atoms with Gasteiger partial charge in [0.1, 0.15) is 11.4 Å². The maximum atomic E-state index is 14.7. The van der Waals surface area contributed by atoms with Crippen LogP contribution >= 0.6 is 22.6 Å². The molecular weight excluding hydrogens is 597 g/mol. The zero-order valence-corrected chi connectivity index (χ0v) is 22.5. The van der Waals surface area contributed by atoms with Gasteiger partial charge in [0.25, 0.3) is 0 Å². The van der Waals surface area contributed by atoms with Crippen molar-refractivity contribution < 1.29 is 22.4 Å². The van der Waals surface area contributed by atoms with E-state index in [1.165, 1.54) is 0 Å². The number of benzene rings is 2. The van der Waals surface area contributed by atoms with Crippen molar-refractivity contribution in [2.45, 2.75) is 61.2 Å². The molecule has 2 aromatic carbocycles. The minimum absolute atomic E-state index is 0.0238. The zero-order valence-electron chi connectivity index (χ0n) is 20.3. The van der Waals surface area contributed by atoms with Crippen LogP contribution in [-0.2, 0) is 22.6 Å². The van der Waals surface area contributed by atoms with Gasteiger partial charge in [-0.3, -0.25) is 4.98 Å². The standard InChI is InChI=1S/C28H28F4IN3O/c1-18-5-4-6-19(11-18)15-27(25-10-9-20(16-33)17-34-25,36-26(37)35-24-7-2-3-8-24)21-12-22(28(30,31)32)14-23(29)13-21/h4-6,9-14,17,24H,2-3,7-8,15-16H2,1H3,(H2,35,36,37)/t27-/m1/s1. The highest BCUT2D eigenvalue weighted by Gasteiger charge is 2.41. The maximum absolute atomic E-state index is 14.7. The molecule has 1 saturated carbocycles. The molecule has 2 N–H and O–H groups in total. The summed E-state index contributed by atoms with van der Waals surface area (Å²) in [6, 6.07) is 12.9. The lowest BCUT2D eigenvalue weighted by Gasteiger charge is -2.36. The van der Waals surface area contributed by atoms with Crippen LogP contribution in [0.3, 0.4) is 0 Å². The molecular formula is C28H28F4IN3O. The Hall–Kier alpha value is -2.69. The van der Waals surface area contributed by atoms with Gasteiger partial charge in [0, 0.05) is 23.1 Å². The van der Waals surface area contributed by atoms with E-state index in [0.29, 0.717) is 16.2 Å². The van der Waals surface area contributed by atoms with Gasteiger partial charge >= 0.3 is 12.2 Å². The summed E-state index contributed by atoms with van der Waals surface area (Å²) in [5.74, 6) is -1.04. The number of halogens is 5. The minimum Gasteiger partial charge on any atom is -0.335 e. The molecule has 1 atom stereocenters. The van der Waals surface area contributed by atoms with Crippen molar-refractivity contribution in [1.82, 2.24) is 15.6 Å². The molecule has 1 aromatic heterocycles. The van der Waals surface area contributed by atoms with Gasteiger partial charge < -0.3 is 10.6 Å². The van der Waals surface area contributed by atoms with E-state index in [9.17, 15) is 22.4 Å². The van der Waals surface area contributed by atoms with Crippen LogP contribution in [0.4, 0.5) is 22.4 Å². The summed E-state index contributed by atoms with van der Waals surface area (Å²) < 4.78 is 56.7. The molecule has 9 heteroatoms. The zero-order chi connectivity index (χ0) is 26.6. The molecule has 0 unspecified atom stereocenters. The number of nitrogens with one attached hydrogen (secondary N) is 2. The molecule has 0 spiro atoms. The Kier molecular flexibility index (Phi) is 8.40. The summed E-state index contributed by atoms with van der Waals surface area (Å²) in [5, 5.41) is 5.91. The molecule has 196 valence electrons. The molecule has 1 aliphatic rings. The molecule has 4 rings (SSSR count). The van der Waals surface area contributed by atoms with Gasteiger partial charge in [-0.2, -0.15) is 13.2 Å². The number of carbonyl (C=O) groups is 1. The van der Waals surface area contributed by atoms with Crippen LogP contribution in [0.1, 0.15) is 59.2 Å². The highest BCUT2D eigenvalue weighted by Crippen LogP contribution is 2.38. The van der Waals surface area contributed by atoms with Crippen molar-refractivity contribution in [3.05, 3.63) is 100 Å². The smallest absolute Gasteiger partial charge is 0.335 e. The van der Waals surface area contributed by atoms with Crippen LogP contribution in [0.25, 0.3) is 0 Å². The lowest BCUT2D eigenvalue weighted by molar-refractivity contribution is -0.137. The van der Waals surface area contributed by atoms with Crippen LogP contribution in [-0.4, -0.2) is 17.1 Å². The largest absolute Gasteiger partial charge is 0.416 e. The van der Waals surface area contributed by atoms with E-state index in [-0.39, 0.29) is 18.0 Å². The third-order valence-electron chi connectivity index (χ3n) is 6.70. The first-order valence-corrected chi connectivity index (χ1v) is 13.7. The van der Waals surface area contributed by atoms with E-state index in [2.05, 4.69) is 38.2 Å². The normalized spacial score (nSPS) is 15.8. The van der Waals surface area contributed by atoms with Gasteiger partial charge in [-0.05, 0) is 60.7 Å². The van der Waals surface area contributed by atoms with Crippen molar-refractivity contribution in [3.8, 4) is 0 Å². The number of aryl methyl sites for hydroxylation is 1. The molecule has 0 aliphatic heterocycles. The molecule has 2 amide bonds. The number of amides is 2. The molecule has 4 nitrogen and oxygen atoms in total. The SMILES string of the molecule is Cc1cccc(C[C@@](NC(=O)NC2CCCC2)(c2cc(F)cc(C(F)(F)F)c2)c2ccc(CI)cn2)c1. The van der Waals surface area contributed by atoms with E-state index >= 15 is 0 Å². The number of hydrogen-bond donors (Lipinski definition) is 2. The topological polar surface area (TPSA) is 54.0 Å². The second-order valence-electron chi connectivity index (χ2n) is 9.56. The Bertz CT molecular complexity index is 1240. The van der Waals surface area contributed by atoms with Crippen molar-refractivity contribution >= 4 is 28.6 Å². The second kappa shape index (κ2) is 11.4. The third-order valence-corrected chi connectivity index (χ3v) is 7.58. The number of carbonyl (C=O) groups excluding carboxylic acids is 1. The lowest BCUT2D eigenvalue weighted by atomic mass is 9.79. The van der Waals surface area contributed by atoms with Crippen molar-refractivity contribution in [1.29, 1.82) is 0 Å². The average molecular weight is 625 g/mol. The fourth-order valence-electron chi connectivity index (χ4n) is 4.89. The summed E-state index contributed by atoms with van der Waals surface area (Å²) in [7, 11) is 0. The van der Waals surface area contributed by atoms with E-state index in [0.717, 1.165) is 54.5 Å². The minimum atomic E-state index is -4.77. The Morgan fingerprint density at radius 2 is 1.76 bits per heavy atom. The van der Waals surface area contributed by atoms with Crippen molar-refractivity contribution in [2.24, 2.45) is 0 Å². The Morgan fingerprint density at radius 1 is 1.03 bits per heavy atom. The fraction of sp³-hybridized carbons (Fsp3) is 0.357. The summed E-state index contributed by atoms with van der Waals surface area (Å²) in [5.41, 5.74) is 0.226. The second-order valence-corrected chi connectivity index (χ2v) is 10.3. The highest BCUT2D eigenvalue weighted by molar-refractivity contribution is 14.1. The molecule has 3 aromatic rings. The summed E-state index contributed by atoms with van der Waals surface area (Å²) in [4.78, 5) is 17.9. The molecule has 1 fully saturated rings. The van der Waals surface area contributed by atoms with E-state index in [4.69, 9.17) is 0 Å². The summed E-state index contributed by atoms with van der Waals surface area (Å²) in [6.45, 7) is 1.91. The number of hydrogen-bond acceptors (Lipinski definition) is 2. The van der Waals surface area contributed by atoms with Crippen molar-refractivity contribution in [3.63, 3.8) is 0 Å². The lowest BCUT2D eigenvalue weighted by Crippen LogP contribution is -2.54. The predicted molar refractivity (Wildman–Crippen MR) is 143 cm³/mol. The predicted octanol–water partition coefficient (Wildman–Crippen LogP) is 7.21. The number of urea groups is 1. The maximum Gasteiger partial charge on any atom is 0.416 e. The quantitative estimate of drug-likeness (QED) is 0.166. The summed E-state index contributed by atoms with van der Waals surface area (Å²) in [6.07, 6.45) is 0.598. The molecule has 0 radical (unpaired) electrons. The van der Waals surface area contributed by atoms with E-state index in [1.54, 1.807) is 12.3 Å². The van der Waals surface area contributed by atoms with E-state index in [1.807, 2.05) is 37.3 Å². The summed E-state index contributed by atoms with van der Waals surface area (Å²) >= 11 is 2.19. The Labute approximate surface area is 227 Å². The van der Waals surface area contributed by atoms with Crippen LogP contribution < -0.4 is 10.6 Å². The third kappa shape index (κ3) is 6.61. The Balaban J connectivity index is 1.91. The monoisotopic (exact) mass is 625 g/mol. The van der Waals surface area contributed by atoms with Gasteiger partial charge in [0.05, 0.1) is 11.3 Å². The van der Waals surface area contributed by atoms with Gasteiger partial charge in [0.2, 0.25) is 0 Å². The van der Waals surface area contributed by atoms with Crippen LogP contribution in [0, 0.1) is 12.7 Å². The average Bonchev–Trinajstić information content (AvgIpc) is 3.35. The van der Waals surface area contributed by atoms with Crippen LogP contribution in [0.15, 0.2) is 60.8 Å². The molecule has 37 heavy (non-hydrogen) atoms. The first-order chi connectivity index (χ1) is 17.6. The molecule has 1 heterocycles. The number of nitrogens with zero attached hydrogens (tertiary/aromatic N) is 1. The first kappa shape index (κ1) is 27.3. The first-order valence-electron chi connectivity index (χ1n) is 12.1. The van der Waals surface area contributed by atoms with Gasteiger partial charge in [-0.1, -0.05) is 71.3 Å². The van der Waals surface area contributed by atoms with Crippen LogP contribution in [0.5, 0.6) is 0 Å². The fourth-order valence-corrected chi connectivity index (χ4v) is 5.34. The molecule has 1 aliphatic carbocycles. The number of aromatic nitrogens is 1.